The van der Waals surface area contributed by atoms with Crippen LogP contribution in [0.3, 0.4) is 0 Å². The average Bonchev–Trinajstić information content (AvgIpc) is 3.21. The number of rotatable bonds is 4. The molecular weight excluding hydrogens is 364 g/mol. The summed E-state index contributed by atoms with van der Waals surface area (Å²) in [5.74, 6) is 2.17. The zero-order chi connectivity index (χ0) is 20.4. The van der Waals surface area contributed by atoms with Crippen LogP contribution in [0.4, 0.5) is 0 Å². The molecule has 5 heteroatoms. The predicted octanol–water partition coefficient (Wildman–Crippen LogP) is 3.97. The lowest BCUT2D eigenvalue weighted by atomic mass is 9.76. The maximum Gasteiger partial charge on any atom is 0.222 e. The Morgan fingerprint density at radius 3 is 2.48 bits per heavy atom. The first-order valence-electron chi connectivity index (χ1n) is 11.2. The first-order chi connectivity index (χ1) is 14.0. The van der Waals surface area contributed by atoms with Crippen molar-refractivity contribution in [3.05, 3.63) is 29.8 Å². The number of nitrogens with zero attached hydrogens (tertiary/aromatic N) is 2. The molecule has 1 saturated carbocycles. The van der Waals surface area contributed by atoms with E-state index in [1.54, 1.807) is 4.90 Å². The minimum Gasteiger partial charge on any atom is -0.487 e. The van der Waals surface area contributed by atoms with Crippen LogP contribution in [-0.4, -0.2) is 54.4 Å². The Labute approximate surface area is 174 Å². The Bertz CT molecular complexity index is 746. The number of fused-ring (bicyclic) bond motifs is 1. The molecule has 2 amide bonds. The molecule has 2 aliphatic heterocycles. The maximum absolute atomic E-state index is 12.7. The van der Waals surface area contributed by atoms with E-state index in [9.17, 15) is 9.59 Å². The van der Waals surface area contributed by atoms with Gasteiger partial charge in [-0.1, -0.05) is 31.0 Å². The van der Waals surface area contributed by atoms with E-state index in [0.29, 0.717) is 18.2 Å². The molecule has 0 bridgehead atoms. The Balaban J connectivity index is 1.43. The van der Waals surface area contributed by atoms with Crippen LogP contribution in [0.2, 0.25) is 0 Å². The summed E-state index contributed by atoms with van der Waals surface area (Å²) >= 11 is 0. The van der Waals surface area contributed by atoms with Crippen LogP contribution in [0.15, 0.2) is 24.3 Å². The fourth-order valence-corrected chi connectivity index (χ4v) is 5.38. The largest absolute Gasteiger partial charge is 0.487 e. The Hall–Kier alpha value is -2.04. The van der Waals surface area contributed by atoms with Gasteiger partial charge in [-0.2, -0.15) is 0 Å². The molecule has 0 aromatic heterocycles. The van der Waals surface area contributed by atoms with E-state index in [1.165, 1.54) is 25.7 Å². The van der Waals surface area contributed by atoms with Crippen molar-refractivity contribution in [2.24, 2.45) is 5.92 Å². The molecule has 2 fully saturated rings. The van der Waals surface area contributed by atoms with Crippen molar-refractivity contribution in [1.82, 2.24) is 9.80 Å². The standard InChI is InChI=1S/C24H34N2O3/c1-25(2)22(27)16-19-17-24(29-21-10-6-5-9-20(19)21)11-13-26(14-12-24)23(28)15-18-7-3-4-8-18/h5-6,9-10,18-19H,3-4,7-8,11-17H2,1-2H3. The highest BCUT2D eigenvalue weighted by Gasteiger charge is 2.44. The quantitative estimate of drug-likeness (QED) is 0.771. The molecule has 29 heavy (non-hydrogen) atoms. The van der Waals surface area contributed by atoms with Gasteiger partial charge in [-0.05, 0) is 36.8 Å². The number of hydrogen-bond donors (Lipinski definition) is 0. The molecule has 158 valence electrons. The van der Waals surface area contributed by atoms with Gasteiger partial charge in [0.1, 0.15) is 11.4 Å². The summed E-state index contributed by atoms with van der Waals surface area (Å²) in [6, 6.07) is 8.15. The van der Waals surface area contributed by atoms with Gasteiger partial charge in [0.2, 0.25) is 11.8 Å². The molecule has 1 aliphatic carbocycles. The van der Waals surface area contributed by atoms with Crippen molar-refractivity contribution >= 4 is 11.8 Å². The van der Waals surface area contributed by atoms with E-state index >= 15 is 0 Å². The van der Waals surface area contributed by atoms with Crippen molar-refractivity contribution < 1.29 is 14.3 Å². The molecule has 1 aromatic rings. The highest BCUT2D eigenvalue weighted by atomic mass is 16.5. The third kappa shape index (κ3) is 4.44. The van der Waals surface area contributed by atoms with Crippen molar-refractivity contribution in [2.45, 2.75) is 69.3 Å². The molecule has 1 spiro atoms. The van der Waals surface area contributed by atoms with Crippen molar-refractivity contribution in [3.63, 3.8) is 0 Å². The van der Waals surface area contributed by atoms with Gasteiger partial charge >= 0.3 is 0 Å². The number of benzene rings is 1. The van der Waals surface area contributed by atoms with Crippen molar-refractivity contribution in [2.75, 3.05) is 27.2 Å². The van der Waals surface area contributed by atoms with Gasteiger partial charge < -0.3 is 14.5 Å². The van der Waals surface area contributed by atoms with Gasteiger partial charge in [0.15, 0.2) is 0 Å². The summed E-state index contributed by atoms with van der Waals surface area (Å²) in [6.07, 6.45) is 8.78. The minimum atomic E-state index is -0.254. The van der Waals surface area contributed by atoms with E-state index in [0.717, 1.165) is 50.1 Å². The molecular formula is C24H34N2O3. The number of carbonyl (C=O) groups is 2. The molecule has 5 nitrogen and oxygen atoms in total. The Kier molecular flexibility index (Phi) is 5.84. The summed E-state index contributed by atoms with van der Waals surface area (Å²) in [4.78, 5) is 28.9. The predicted molar refractivity (Wildman–Crippen MR) is 113 cm³/mol. The van der Waals surface area contributed by atoms with E-state index in [4.69, 9.17) is 4.74 Å². The first kappa shape index (κ1) is 20.2. The Morgan fingerprint density at radius 2 is 1.79 bits per heavy atom. The highest BCUT2D eigenvalue weighted by molar-refractivity contribution is 5.77. The Morgan fingerprint density at radius 1 is 1.10 bits per heavy atom. The number of piperidine rings is 1. The van der Waals surface area contributed by atoms with E-state index in [2.05, 4.69) is 6.07 Å². The number of ether oxygens (including phenoxy) is 1. The van der Waals surface area contributed by atoms with Crippen LogP contribution in [-0.2, 0) is 9.59 Å². The zero-order valence-electron chi connectivity index (χ0n) is 17.9. The third-order valence-electron chi connectivity index (χ3n) is 7.19. The van der Waals surface area contributed by atoms with Gasteiger partial charge in [-0.15, -0.1) is 0 Å². The summed E-state index contributed by atoms with van der Waals surface area (Å²) in [7, 11) is 3.63. The van der Waals surface area contributed by atoms with Crippen LogP contribution < -0.4 is 4.74 Å². The molecule has 1 saturated heterocycles. The van der Waals surface area contributed by atoms with Crippen LogP contribution in [0.5, 0.6) is 5.75 Å². The van der Waals surface area contributed by atoms with Crippen LogP contribution >= 0.6 is 0 Å². The number of hydrogen-bond acceptors (Lipinski definition) is 3. The van der Waals surface area contributed by atoms with Gasteiger partial charge in [0.25, 0.3) is 0 Å². The van der Waals surface area contributed by atoms with Crippen LogP contribution in [0.25, 0.3) is 0 Å². The molecule has 0 radical (unpaired) electrons. The zero-order valence-corrected chi connectivity index (χ0v) is 17.9. The maximum atomic E-state index is 12.7. The smallest absolute Gasteiger partial charge is 0.222 e. The number of amides is 2. The van der Waals surface area contributed by atoms with Crippen molar-refractivity contribution in [3.8, 4) is 5.75 Å². The lowest BCUT2D eigenvalue weighted by Crippen LogP contribution is -2.52. The molecule has 2 heterocycles. The van der Waals surface area contributed by atoms with E-state index < -0.39 is 0 Å². The van der Waals surface area contributed by atoms with E-state index in [1.807, 2.05) is 37.2 Å². The normalized spacial score (nSPS) is 23.5. The van der Waals surface area contributed by atoms with E-state index in [-0.39, 0.29) is 17.4 Å². The fraction of sp³-hybridized carbons (Fsp3) is 0.667. The molecule has 4 rings (SSSR count). The van der Waals surface area contributed by atoms with Gasteiger partial charge in [-0.3, -0.25) is 9.59 Å². The van der Waals surface area contributed by atoms with Gasteiger partial charge in [-0.25, -0.2) is 0 Å². The fourth-order valence-electron chi connectivity index (χ4n) is 5.38. The summed E-state index contributed by atoms with van der Waals surface area (Å²) in [5.41, 5.74) is 0.892. The molecule has 1 unspecified atom stereocenters. The number of likely N-dealkylation sites (tertiary alicyclic amines) is 1. The first-order valence-corrected chi connectivity index (χ1v) is 11.2. The minimum absolute atomic E-state index is 0.158. The summed E-state index contributed by atoms with van der Waals surface area (Å²) in [6.45, 7) is 1.53. The van der Waals surface area contributed by atoms with Gasteiger partial charge in [0, 0.05) is 58.8 Å². The molecule has 1 aromatic carbocycles. The lowest BCUT2D eigenvalue weighted by Gasteiger charge is -2.47. The lowest BCUT2D eigenvalue weighted by molar-refractivity contribution is -0.136. The molecule has 3 aliphatic rings. The third-order valence-corrected chi connectivity index (χ3v) is 7.19. The van der Waals surface area contributed by atoms with Crippen LogP contribution in [0.1, 0.15) is 69.3 Å². The SMILES string of the molecule is CN(C)C(=O)CC1CC2(CCN(C(=O)CC3CCCC3)CC2)Oc2ccccc21. The van der Waals surface area contributed by atoms with Crippen molar-refractivity contribution in [1.29, 1.82) is 0 Å². The number of para-hydroxylation sites is 1. The molecule has 0 N–H and O–H groups in total. The second-order valence-electron chi connectivity index (χ2n) is 9.45. The topological polar surface area (TPSA) is 49.9 Å². The monoisotopic (exact) mass is 398 g/mol. The van der Waals surface area contributed by atoms with Gasteiger partial charge in [0.05, 0.1) is 0 Å². The second kappa shape index (κ2) is 8.37. The highest BCUT2D eigenvalue weighted by Crippen LogP contribution is 2.46. The summed E-state index contributed by atoms with van der Waals surface area (Å²) < 4.78 is 6.53. The average molecular weight is 399 g/mol. The second-order valence-corrected chi connectivity index (χ2v) is 9.45. The summed E-state index contributed by atoms with van der Waals surface area (Å²) in [5, 5.41) is 0. The number of carbonyl (C=O) groups excluding carboxylic acids is 2. The van der Waals surface area contributed by atoms with Crippen LogP contribution in [0, 0.1) is 5.92 Å². The molecule has 1 atom stereocenters.